The minimum absolute atomic E-state index is 0.0297. The summed E-state index contributed by atoms with van der Waals surface area (Å²) in [5, 5.41) is 0. The average molecular weight is 999 g/mol. The van der Waals surface area contributed by atoms with Gasteiger partial charge in [0.05, 0.1) is 27.7 Å². The SMILES string of the molecule is CC/C=C\C/C=C\C/C=C\C/C=C\C/C=C\C/C=C\C/C=C\C/C=C\CCCCCCCCCCCCCCCCC(=O)OC(COC(=O)CCCCCCCCC)COP(=O)(O)OCC[N+](C)(C)C. The number of allylic oxidation sites excluding steroid dienone is 16. The molecule has 0 spiro atoms. The molecule has 0 fully saturated rings. The molecule has 0 saturated carbocycles. The van der Waals surface area contributed by atoms with Crippen molar-refractivity contribution in [2.75, 3.05) is 47.5 Å². The first-order chi connectivity index (χ1) is 34.0. The van der Waals surface area contributed by atoms with Gasteiger partial charge in [-0.2, -0.15) is 0 Å². The van der Waals surface area contributed by atoms with Crippen molar-refractivity contribution >= 4 is 19.8 Å². The zero-order valence-corrected chi connectivity index (χ0v) is 46.4. The fourth-order valence-electron chi connectivity index (χ4n) is 7.32. The fourth-order valence-corrected chi connectivity index (χ4v) is 8.07. The molecular formula is C60H105NO8P+. The molecule has 0 heterocycles. The van der Waals surface area contributed by atoms with E-state index < -0.39 is 26.5 Å². The topological polar surface area (TPSA) is 108 Å². The van der Waals surface area contributed by atoms with Crippen molar-refractivity contribution in [2.45, 2.75) is 225 Å². The van der Waals surface area contributed by atoms with E-state index in [-0.39, 0.29) is 32.0 Å². The van der Waals surface area contributed by atoms with Gasteiger partial charge in [0.25, 0.3) is 0 Å². The van der Waals surface area contributed by atoms with Gasteiger partial charge >= 0.3 is 19.8 Å². The number of rotatable bonds is 50. The predicted molar refractivity (Wildman–Crippen MR) is 298 cm³/mol. The molecule has 2 unspecified atom stereocenters. The molecule has 0 radical (unpaired) electrons. The lowest BCUT2D eigenvalue weighted by Gasteiger charge is -2.24. The van der Waals surface area contributed by atoms with E-state index in [4.69, 9.17) is 18.5 Å². The molecule has 70 heavy (non-hydrogen) atoms. The number of phosphoric ester groups is 1. The number of hydrogen-bond acceptors (Lipinski definition) is 7. The third kappa shape index (κ3) is 54.3. The summed E-state index contributed by atoms with van der Waals surface area (Å²) in [4.78, 5) is 35.3. The van der Waals surface area contributed by atoms with Crippen molar-refractivity contribution < 1.29 is 42.1 Å². The first-order valence-corrected chi connectivity index (χ1v) is 29.5. The van der Waals surface area contributed by atoms with Crippen LogP contribution in [-0.4, -0.2) is 74.9 Å². The highest BCUT2D eigenvalue weighted by atomic mass is 31.2. The molecular weight excluding hydrogens is 894 g/mol. The highest BCUT2D eigenvalue weighted by Gasteiger charge is 2.27. The molecule has 402 valence electrons. The molecule has 1 N–H and O–H groups in total. The average Bonchev–Trinajstić information content (AvgIpc) is 3.32. The second-order valence-electron chi connectivity index (χ2n) is 19.6. The normalized spacial score (nSPS) is 14.1. The number of unbranched alkanes of at least 4 members (excludes halogenated alkanes) is 20. The zero-order valence-electron chi connectivity index (χ0n) is 45.5. The van der Waals surface area contributed by atoms with Crippen molar-refractivity contribution in [3.63, 3.8) is 0 Å². The number of nitrogens with zero attached hydrogens (tertiary/aromatic N) is 1. The largest absolute Gasteiger partial charge is 0.472 e. The van der Waals surface area contributed by atoms with Crippen LogP contribution in [0, 0.1) is 0 Å². The number of phosphoric acid groups is 1. The van der Waals surface area contributed by atoms with Crippen LogP contribution >= 0.6 is 7.82 Å². The Bertz CT molecular complexity index is 1500. The molecule has 0 bridgehead atoms. The Morgan fingerprint density at radius 1 is 0.457 bits per heavy atom. The number of esters is 2. The Balaban J connectivity index is 3.93. The van der Waals surface area contributed by atoms with E-state index in [0.717, 1.165) is 89.9 Å². The highest BCUT2D eigenvalue weighted by Crippen LogP contribution is 2.43. The van der Waals surface area contributed by atoms with Gasteiger partial charge in [0, 0.05) is 12.8 Å². The third-order valence-corrected chi connectivity index (χ3v) is 12.6. The molecule has 0 amide bonds. The van der Waals surface area contributed by atoms with Crippen LogP contribution in [0.1, 0.15) is 219 Å². The number of quaternary nitrogens is 1. The van der Waals surface area contributed by atoms with E-state index in [1.807, 2.05) is 21.1 Å². The Kier molecular flexibility index (Phi) is 48.6. The Morgan fingerprint density at radius 3 is 1.21 bits per heavy atom. The van der Waals surface area contributed by atoms with Gasteiger partial charge in [-0.3, -0.25) is 18.6 Å². The molecule has 0 aliphatic carbocycles. The first kappa shape index (κ1) is 66.9. The van der Waals surface area contributed by atoms with E-state index in [0.29, 0.717) is 17.4 Å². The van der Waals surface area contributed by atoms with Gasteiger partial charge in [-0.1, -0.05) is 227 Å². The van der Waals surface area contributed by atoms with Crippen molar-refractivity contribution in [1.29, 1.82) is 0 Å². The Morgan fingerprint density at radius 2 is 0.814 bits per heavy atom. The monoisotopic (exact) mass is 999 g/mol. The summed E-state index contributed by atoms with van der Waals surface area (Å²) in [6.07, 6.45) is 69.5. The van der Waals surface area contributed by atoms with Crippen LogP contribution in [0.3, 0.4) is 0 Å². The van der Waals surface area contributed by atoms with Crippen LogP contribution in [0.2, 0.25) is 0 Å². The maximum atomic E-state index is 12.7. The summed E-state index contributed by atoms with van der Waals surface area (Å²) in [6.45, 7) is 4.26. The molecule has 0 aromatic heterocycles. The third-order valence-electron chi connectivity index (χ3n) is 11.6. The minimum Gasteiger partial charge on any atom is -0.462 e. The molecule has 0 aromatic carbocycles. The number of ether oxygens (including phenoxy) is 2. The van der Waals surface area contributed by atoms with E-state index in [9.17, 15) is 19.0 Å². The van der Waals surface area contributed by atoms with Crippen LogP contribution in [-0.2, 0) is 32.7 Å². The molecule has 0 saturated heterocycles. The molecule has 10 heteroatoms. The zero-order chi connectivity index (χ0) is 51.3. The number of likely N-dealkylation sites (N-methyl/N-ethyl adjacent to an activating group) is 1. The second kappa shape index (κ2) is 50.9. The quantitative estimate of drug-likeness (QED) is 0.0211. The summed E-state index contributed by atoms with van der Waals surface area (Å²) in [5.41, 5.74) is 0. The Labute approximate surface area is 430 Å². The lowest BCUT2D eigenvalue weighted by atomic mass is 10.0. The predicted octanol–water partition coefficient (Wildman–Crippen LogP) is 17.3. The van der Waals surface area contributed by atoms with Crippen LogP contribution in [0.4, 0.5) is 0 Å². The van der Waals surface area contributed by atoms with Crippen molar-refractivity contribution in [3.8, 4) is 0 Å². The minimum atomic E-state index is -4.37. The first-order valence-electron chi connectivity index (χ1n) is 28.0. The number of carbonyl (C=O) groups excluding carboxylic acids is 2. The maximum Gasteiger partial charge on any atom is 0.472 e. The van der Waals surface area contributed by atoms with E-state index in [2.05, 4.69) is 111 Å². The standard InChI is InChI=1S/C60H104NO8P/c1-6-8-10-12-14-15-16-17-18-19-20-21-22-23-24-25-26-27-28-29-30-31-32-33-34-35-36-37-38-39-40-41-42-43-44-45-47-49-51-53-60(63)69-58(57-68-70(64,65)67-55-54-61(3,4)5)56-66-59(62)52-50-48-46-13-11-9-7-2/h8,10,14-15,17-18,20-21,23-24,26-27,29-30,32-33,58H,6-7,9,11-13,16,19,22,25,28,31,34-57H2,1-5H3/p+1/b10-8-,15-14-,18-17-,21-20-,24-23-,27-26-,30-29-,33-32-. The van der Waals surface area contributed by atoms with Gasteiger partial charge < -0.3 is 18.9 Å². The van der Waals surface area contributed by atoms with E-state index >= 15 is 0 Å². The van der Waals surface area contributed by atoms with Crippen molar-refractivity contribution in [2.24, 2.45) is 0 Å². The lowest BCUT2D eigenvalue weighted by molar-refractivity contribution is -0.870. The second-order valence-corrected chi connectivity index (χ2v) is 21.0. The summed E-state index contributed by atoms with van der Waals surface area (Å²) >= 11 is 0. The van der Waals surface area contributed by atoms with Crippen LogP contribution in [0.5, 0.6) is 0 Å². The summed E-state index contributed by atoms with van der Waals surface area (Å²) in [7, 11) is 1.47. The van der Waals surface area contributed by atoms with Gasteiger partial charge in [0.2, 0.25) is 0 Å². The maximum absolute atomic E-state index is 12.7. The molecule has 0 rings (SSSR count). The lowest BCUT2D eigenvalue weighted by Crippen LogP contribution is -2.37. The van der Waals surface area contributed by atoms with Crippen LogP contribution in [0.15, 0.2) is 97.2 Å². The van der Waals surface area contributed by atoms with Gasteiger partial charge in [-0.05, 0) is 77.0 Å². The van der Waals surface area contributed by atoms with Crippen LogP contribution < -0.4 is 0 Å². The van der Waals surface area contributed by atoms with E-state index in [1.54, 1.807) is 0 Å². The molecule has 0 aliphatic rings. The smallest absolute Gasteiger partial charge is 0.462 e. The van der Waals surface area contributed by atoms with Crippen molar-refractivity contribution in [1.82, 2.24) is 0 Å². The van der Waals surface area contributed by atoms with Crippen LogP contribution in [0.25, 0.3) is 0 Å². The van der Waals surface area contributed by atoms with Gasteiger partial charge in [0.1, 0.15) is 19.8 Å². The molecule has 0 aliphatic heterocycles. The fraction of sp³-hybridized carbons (Fsp3) is 0.700. The molecule has 9 nitrogen and oxygen atoms in total. The van der Waals surface area contributed by atoms with Crippen molar-refractivity contribution in [3.05, 3.63) is 97.2 Å². The summed E-state index contributed by atoms with van der Waals surface area (Å²) in [5.74, 6) is -0.806. The molecule has 0 aromatic rings. The summed E-state index contributed by atoms with van der Waals surface area (Å²) < 4.78 is 34.3. The number of hydrogen-bond donors (Lipinski definition) is 1. The number of carbonyl (C=O) groups is 2. The van der Waals surface area contributed by atoms with E-state index in [1.165, 1.54) is 96.3 Å². The van der Waals surface area contributed by atoms with Gasteiger partial charge in [-0.15, -0.1) is 0 Å². The Hall–Kier alpha value is -3.07. The van der Waals surface area contributed by atoms with Gasteiger partial charge in [-0.25, -0.2) is 4.57 Å². The highest BCUT2D eigenvalue weighted by molar-refractivity contribution is 7.47. The van der Waals surface area contributed by atoms with Gasteiger partial charge in [0.15, 0.2) is 6.10 Å². The summed E-state index contributed by atoms with van der Waals surface area (Å²) in [6, 6.07) is 0. The molecule has 2 atom stereocenters.